The molecule has 134 valence electrons. The number of hydrogen-bond acceptors (Lipinski definition) is 3. The fraction of sp³-hybridized carbons (Fsp3) is 0.130. The maximum atomic E-state index is 5.43. The predicted octanol–water partition coefficient (Wildman–Crippen LogP) is 6.79. The van der Waals surface area contributed by atoms with Crippen LogP contribution in [0.3, 0.4) is 0 Å². The average Bonchev–Trinajstić information content (AvgIpc) is 3.19. The van der Waals surface area contributed by atoms with Crippen molar-refractivity contribution in [2.75, 3.05) is 0 Å². The topological polar surface area (TPSA) is 38.9 Å². The van der Waals surface area contributed by atoms with Crippen molar-refractivity contribution < 1.29 is 4.52 Å². The van der Waals surface area contributed by atoms with Crippen LogP contribution in [-0.2, 0) is 6.42 Å². The number of rotatable bonds is 5. The van der Waals surface area contributed by atoms with E-state index in [1.54, 1.807) is 0 Å². The van der Waals surface area contributed by atoms with E-state index in [2.05, 4.69) is 69.4 Å². The third kappa shape index (κ3) is 4.01. The van der Waals surface area contributed by atoms with E-state index >= 15 is 0 Å². The summed E-state index contributed by atoms with van der Waals surface area (Å²) in [5.41, 5.74) is 5.60. The summed E-state index contributed by atoms with van der Waals surface area (Å²) in [6.45, 7) is 2.20. The van der Waals surface area contributed by atoms with Gasteiger partial charge in [0.15, 0.2) is 0 Å². The van der Waals surface area contributed by atoms with Crippen molar-refractivity contribution >= 4 is 15.9 Å². The molecule has 0 N–H and O–H groups in total. The first-order valence-corrected chi connectivity index (χ1v) is 9.81. The summed E-state index contributed by atoms with van der Waals surface area (Å²) in [6.07, 6.45) is 2.29. The van der Waals surface area contributed by atoms with Crippen molar-refractivity contribution in [1.29, 1.82) is 0 Å². The van der Waals surface area contributed by atoms with Gasteiger partial charge in [-0.15, -0.1) is 0 Å². The highest BCUT2D eigenvalue weighted by molar-refractivity contribution is 9.10. The summed E-state index contributed by atoms with van der Waals surface area (Å²) in [7, 11) is 0. The molecule has 4 aromatic rings. The van der Waals surface area contributed by atoms with Gasteiger partial charge in [0.25, 0.3) is 5.89 Å². The van der Waals surface area contributed by atoms with Crippen molar-refractivity contribution in [3.8, 4) is 34.0 Å². The average molecular weight is 419 g/mol. The zero-order valence-electron chi connectivity index (χ0n) is 15.0. The van der Waals surface area contributed by atoms with E-state index in [0.717, 1.165) is 22.0 Å². The maximum absolute atomic E-state index is 5.43. The Morgan fingerprint density at radius 1 is 0.815 bits per heavy atom. The molecule has 0 aliphatic rings. The molecule has 0 saturated carbocycles. The number of aryl methyl sites for hydroxylation is 1. The largest absolute Gasteiger partial charge is 0.334 e. The Balaban J connectivity index is 1.56. The molecular formula is C23H19BrN2O. The van der Waals surface area contributed by atoms with Crippen molar-refractivity contribution in [2.24, 2.45) is 0 Å². The van der Waals surface area contributed by atoms with E-state index in [1.807, 2.05) is 36.4 Å². The van der Waals surface area contributed by atoms with Gasteiger partial charge >= 0.3 is 0 Å². The van der Waals surface area contributed by atoms with Crippen molar-refractivity contribution in [2.45, 2.75) is 19.8 Å². The quantitative estimate of drug-likeness (QED) is 0.358. The van der Waals surface area contributed by atoms with Crippen LogP contribution >= 0.6 is 15.9 Å². The van der Waals surface area contributed by atoms with Crippen LogP contribution in [0.15, 0.2) is 81.8 Å². The molecule has 1 heterocycles. The van der Waals surface area contributed by atoms with Crippen LogP contribution in [0.4, 0.5) is 0 Å². The van der Waals surface area contributed by atoms with E-state index in [0.29, 0.717) is 11.7 Å². The van der Waals surface area contributed by atoms with Gasteiger partial charge in [0, 0.05) is 15.6 Å². The minimum atomic E-state index is 0.516. The highest BCUT2D eigenvalue weighted by Gasteiger charge is 2.11. The molecule has 0 amide bonds. The molecule has 0 atom stereocenters. The van der Waals surface area contributed by atoms with Crippen LogP contribution in [-0.4, -0.2) is 10.1 Å². The SMILES string of the molecule is CCCc1ccc(-c2ccc(-c3noc(-c4cccc(Br)c4)n3)cc2)cc1. The van der Waals surface area contributed by atoms with Gasteiger partial charge in [-0.3, -0.25) is 0 Å². The molecule has 0 saturated heterocycles. The lowest BCUT2D eigenvalue weighted by molar-refractivity contribution is 0.432. The van der Waals surface area contributed by atoms with Crippen LogP contribution in [0, 0.1) is 0 Å². The van der Waals surface area contributed by atoms with E-state index in [1.165, 1.54) is 23.1 Å². The number of halogens is 1. The van der Waals surface area contributed by atoms with Gasteiger partial charge in [0.2, 0.25) is 5.82 Å². The zero-order chi connectivity index (χ0) is 18.6. The van der Waals surface area contributed by atoms with Gasteiger partial charge in [-0.2, -0.15) is 4.98 Å². The number of benzene rings is 3. The molecular weight excluding hydrogens is 400 g/mol. The van der Waals surface area contributed by atoms with Crippen molar-refractivity contribution in [1.82, 2.24) is 10.1 Å². The lowest BCUT2D eigenvalue weighted by Crippen LogP contribution is -1.85. The van der Waals surface area contributed by atoms with Gasteiger partial charge in [-0.05, 0) is 41.3 Å². The molecule has 0 unspecified atom stereocenters. The Morgan fingerprint density at radius 3 is 2.15 bits per heavy atom. The Labute approximate surface area is 167 Å². The molecule has 0 fully saturated rings. The third-order valence-electron chi connectivity index (χ3n) is 4.47. The van der Waals surface area contributed by atoms with Gasteiger partial charge in [-0.25, -0.2) is 0 Å². The standard InChI is InChI=1S/C23H19BrN2O/c1-2-4-16-7-9-17(10-8-16)18-11-13-19(14-12-18)22-25-23(27-26-22)20-5-3-6-21(24)15-20/h3,5-15H,2,4H2,1H3. The molecule has 0 radical (unpaired) electrons. The van der Waals surface area contributed by atoms with Gasteiger partial charge in [-0.1, -0.05) is 89.0 Å². The first kappa shape index (κ1) is 17.7. The third-order valence-corrected chi connectivity index (χ3v) is 4.96. The lowest BCUT2D eigenvalue weighted by Gasteiger charge is -2.04. The number of hydrogen-bond donors (Lipinski definition) is 0. The molecule has 1 aromatic heterocycles. The summed E-state index contributed by atoms with van der Waals surface area (Å²) >= 11 is 3.46. The molecule has 27 heavy (non-hydrogen) atoms. The van der Waals surface area contributed by atoms with Crippen molar-refractivity contribution in [3.05, 3.63) is 82.8 Å². The fourth-order valence-corrected chi connectivity index (χ4v) is 3.44. The summed E-state index contributed by atoms with van der Waals surface area (Å²) in [6, 6.07) is 24.9. The second-order valence-electron chi connectivity index (χ2n) is 6.46. The molecule has 3 nitrogen and oxygen atoms in total. The van der Waals surface area contributed by atoms with Crippen LogP contribution in [0.25, 0.3) is 34.0 Å². The second kappa shape index (κ2) is 7.89. The molecule has 3 aromatic carbocycles. The monoisotopic (exact) mass is 418 g/mol. The molecule has 0 bridgehead atoms. The molecule has 4 rings (SSSR count). The summed E-state index contributed by atoms with van der Waals surface area (Å²) in [4.78, 5) is 4.53. The predicted molar refractivity (Wildman–Crippen MR) is 112 cm³/mol. The molecule has 0 spiro atoms. The van der Waals surface area contributed by atoms with Crippen LogP contribution in [0.5, 0.6) is 0 Å². The summed E-state index contributed by atoms with van der Waals surface area (Å²) < 4.78 is 6.41. The number of aromatic nitrogens is 2. The van der Waals surface area contributed by atoms with Crippen LogP contribution in [0.1, 0.15) is 18.9 Å². The van der Waals surface area contributed by atoms with Crippen LogP contribution < -0.4 is 0 Å². The Bertz CT molecular complexity index is 1040. The Hall–Kier alpha value is -2.72. The van der Waals surface area contributed by atoms with Crippen molar-refractivity contribution in [3.63, 3.8) is 0 Å². The minimum Gasteiger partial charge on any atom is -0.334 e. The maximum Gasteiger partial charge on any atom is 0.258 e. The summed E-state index contributed by atoms with van der Waals surface area (Å²) in [5, 5.41) is 4.13. The van der Waals surface area contributed by atoms with E-state index in [4.69, 9.17) is 4.52 Å². The normalized spacial score (nSPS) is 10.9. The Kier molecular flexibility index (Phi) is 5.16. The second-order valence-corrected chi connectivity index (χ2v) is 7.37. The highest BCUT2D eigenvalue weighted by atomic mass is 79.9. The highest BCUT2D eigenvalue weighted by Crippen LogP contribution is 2.27. The van der Waals surface area contributed by atoms with Gasteiger partial charge < -0.3 is 4.52 Å². The molecule has 0 aliphatic heterocycles. The number of nitrogens with zero attached hydrogens (tertiary/aromatic N) is 2. The first-order chi connectivity index (χ1) is 13.2. The van der Waals surface area contributed by atoms with E-state index < -0.39 is 0 Å². The molecule has 0 aliphatic carbocycles. The first-order valence-electron chi connectivity index (χ1n) is 9.02. The lowest BCUT2D eigenvalue weighted by atomic mass is 10.0. The van der Waals surface area contributed by atoms with E-state index in [9.17, 15) is 0 Å². The van der Waals surface area contributed by atoms with E-state index in [-0.39, 0.29) is 0 Å². The smallest absolute Gasteiger partial charge is 0.258 e. The fourth-order valence-electron chi connectivity index (χ4n) is 3.04. The van der Waals surface area contributed by atoms with Crippen LogP contribution in [0.2, 0.25) is 0 Å². The van der Waals surface area contributed by atoms with Gasteiger partial charge in [0.1, 0.15) is 0 Å². The zero-order valence-corrected chi connectivity index (χ0v) is 16.6. The van der Waals surface area contributed by atoms with Gasteiger partial charge in [0.05, 0.1) is 0 Å². The Morgan fingerprint density at radius 2 is 1.48 bits per heavy atom. The minimum absolute atomic E-state index is 0.516. The molecule has 4 heteroatoms. The summed E-state index contributed by atoms with van der Waals surface area (Å²) in [5.74, 6) is 1.11.